The van der Waals surface area contributed by atoms with E-state index in [0.717, 1.165) is 28.4 Å². The van der Waals surface area contributed by atoms with Crippen LogP contribution in [0.4, 0.5) is 5.69 Å². The molecule has 0 atom stereocenters. The number of benzene rings is 1. The van der Waals surface area contributed by atoms with Crippen molar-refractivity contribution < 1.29 is 4.79 Å². The lowest BCUT2D eigenvalue weighted by Crippen LogP contribution is -2.12. The number of nitrogens with one attached hydrogen (secondary N) is 1. The van der Waals surface area contributed by atoms with Crippen LogP contribution in [0.15, 0.2) is 24.3 Å². The molecule has 0 saturated heterocycles. The third-order valence-corrected chi connectivity index (χ3v) is 3.83. The van der Waals surface area contributed by atoms with Crippen molar-refractivity contribution in [1.29, 1.82) is 0 Å². The quantitative estimate of drug-likeness (QED) is 0.916. The minimum Gasteiger partial charge on any atom is -0.321 e. The molecule has 0 fully saturated rings. The Hall–Kier alpha value is -1.68. The van der Waals surface area contributed by atoms with Crippen molar-refractivity contribution >= 4 is 22.9 Å². The van der Waals surface area contributed by atoms with Crippen LogP contribution in [0.5, 0.6) is 0 Å². The van der Waals surface area contributed by atoms with Crippen LogP contribution >= 0.6 is 11.3 Å². The molecule has 0 radical (unpaired) electrons. The zero-order valence-corrected chi connectivity index (χ0v) is 11.6. The molecular formula is C14H16N2OS. The Morgan fingerprint density at radius 2 is 2.06 bits per heavy atom. The predicted molar refractivity (Wildman–Crippen MR) is 75.4 cm³/mol. The second kappa shape index (κ2) is 5.31. The topological polar surface area (TPSA) is 42.0 Å². The van der Waals surface area contributed by atoms with E-state index in [1.165, 1.54) is 11.3 Å². The van der Waals surface area contributed by atoms with Crippen molar-refractivity contribution in [2.75, 3.05) is 5.32 Å². The summed E-state index contributed by atoms with van der Waals surface area (Å²) in [7, 11) is 0. The highest BCUT2D eigenvalue weighted by atomic mass is 32.1. The maximum Gasteiger partial charge on any atom is 0.267 e. The second-order valence-electron chi connectivity index (χ2n) is 4.11. The summed E-state index contributed by atoms with van der Waals surface area (Å²) in [6.07, 6.45) is 0.900. The van der Waals surface area contributed by atoms with E-state index >= 15 is 0 Å². The predicted octanol–water partition coefficient (Wildman–Crippen LogP) is 3.57. The van der Waals surface area contributed by atoms with Gasteiger partial charge in [-0.25, -0.2) is 4.98 Å². The molecule has 0 bridgehead atoms. The first-order valence-electron chi connectivity index (χ1n) is 5.95. The van der Waals surface area contributed by atoms with Crippen molar-refractivity contribution in [3.8, 4) is 0 Å². The van der Waals surface area contributed by atoms with Gasteiger partial charge in [-0.1, -0.05) is 25.1 Å². The zero-order valence-electron chi connectivity index (χ0n) is 10.8. The van der Waals surface area contributed by atoms with Crippen LogP contribution in [0, 0.1) is 13.8 Å². The molecule has 1 heterocycles. The average Bonchev–Trinajstić information content (AvgIpc) is 2.69. The van der Waals surface area contributed by atoms with E-state index in [1.807, 2.05) is 38.1 Å². The van der Waals surface area contributed by atoms with Crippen LogP contribution in [0.1, 0.15) is 32.9 Å². The van der Waals surface area contributed by atoms with Crippen molar-refractivity contribution in [3.63, 3.8) is 0 Å². The van der Waals surface area contributed by atoms with Crippen molar-refractivity contribution in [3.05, 3.63) is 45.4 Å². The summed E-state index contributed by atoms with van der Waals surface area (Å²) in [5.41, 5.74) is 2.82. The minimum absolute atomic E-state index is 0.0704. The number of anilines is 1. The Labute approximate surface area is 111 Å². The van der Waals surface area contributed by atoms with Crippen molar-refractivity contribution in [2.24, 2.45) is 0 Å². The number of rotatable bonds is 3. The molecule has 2 rings (SSSR count). The molecule has 94 valence electrons. The normalized spacial score (nSPS) is 10.4. The van der Waals surface area contributed by atoms with Crippen LogP contribution in [-0.2, 0) is 6.42 Å². The number of hydrogen-bond acceptors (Lipinski definition) is 3. The van der Waals surface area contributed by atoms with Crippen LogP contribution < -0.4 is 5.32 Å². The van der Waals surface area contributed by atoms with E-state index in [2.05, 4.69) is 17.2 Å². The molecule has 0 spiro atoms. The first-order chi connectivity index (χ1) is 8.61. The molecular weight excluding hydrogens is 244 g/mol. The summed E-state index contributed by atoms with van der Waals surface area (Å²) >= 11 is 1.43. The van der Waals surface area contributed by atoms with Gasteiger partial charge in [0.25, 0.3) is 5.91 Å². The summed E-state index contributed by atoms with van der Waals surface area (Å²) in [5.74, 6) is -0.0704. The smallest absolute Gasteiger partial charge is 0.267 e. The Morgan fingerprint density at radius 1 is 1.33 bits per heavy atom. The van der Waals surface area contributed by atoms with Crippen LogP contribution in [0.25, 0.3) is 0 Å². The second-order valence-corrected chi connectivity index (χ2v) is 5.32. The number of thiazole rings is 1. The van der Waals surface area contributed by atoms with Crippen LogP contribution in [0.3, 0.4) is 0 Å². The maximum atomic E-state index is 12.2. The van der Waals surface area contributed by atoms with Gasteiger partial charge in [-0.05, 0) is 31.9 Å². The largest absolute Gasteiger partial charge is 0.321 e. The number of nitrogens with zero attached hydrogens (tertiary/aromatic N) is 1. The van der Waals surface area contributed by atoms with Gasteiger partial charge in [-0.15, -0.1) is 11.3 Å². The zero-order chi connectivity index (χ0) is 13.1. The van der Waals surface area contributed by atoms with Crippen molar-refractivity contribution in [2.45, 2.75) is 27.2 Å². The van der Waals surface area contributed by atoms with Gasteiger partial charge in [0.15, 0.2) is 0 Å². The molecule has 1 amide bonds. The number of carbonyl (C=O) groups excluding carboxylic acids is 1. The first-order valence-corrected chi connectivity index (χ1v) is 6.76. The van der Waals surface area contributed by atoms with Crippen LogP contribution in [-0.4, -0.2) is 10.9 Å². The fourth-order valence-electron chi connectivity index (χ4n) is 1.87. The lowest BCUT2D eigenvalue weighted by Gasteiger charge is -2.08. The molecule has 0 aliphatic carbocycles. The third-order valence-electron chi connectivity index (χ3n) is 2.76. The van der Waals surface area contributed by atoms with E-state index < -0.39 is 0 Å². The van der Waals surface area contributed by atoms with Crippen LogP contribution in [0.2, 0.25) is 0 Å². The number of hydrogen-bond donors (Lipinski definition) is 1. The van der Waals surface area contributed by atoms with Gasteiger partial charge in [0, 0.05) is 5.69 Å². The number of carbonyl (C=O) groups is 1. The lowest BCUT2D eigenvalue weighted by molar-refractivity contribution is 0.102. The Balaban J connectivity index is 2.24. The fourth-order valence-corrected chi connectivity index (χ4v) is 2.69. The van der Waals surface area contributed by atoms with Gasteiger partial charge in [-0.3, -0.25) is 4.79 Å². The molecule has 2 aromatic rings. The molecule has 18 heavy (non-hydrogen) atoms. The standard InChI is InChI=1S/C14H16N2OS/c1-4-11-7-5-6-8-12(11)16-14(17)13-9(2)15-10(3)18-13/h5-8H,4H2,1-3H3,(H,16,17). The highest BCUT2D eigenvalue weighted by Crippen LogP contribution is 2.21. The van der Waals surface area contributed by atoms with E-state index in [4.69, 9.17) is 0 Å². The molecule has 0 saturated carbocycles. The molecule has 0 aliphatic heterocycles. The summed E-state index contributed by atoms with van der Waals surface area (Å²) in [5, 5.41) is 3.88. The molecule has 1 aromatic carbocycles. The Kier molecular flexibility index (Phi) is 3.77. The minimum atomic E-state index is -0.0704. The van der Waals surface area contributed by atoms with Gasteiger partial charge in [0.2, 0.25) is 0 Å². The number of aryl methyl sites for hydroxylation is 3. The molecule has 4 heteroatoms. The van der Waals surface area contributed by atoms with E-state index in [9.17, 15) is 4.79 Å². The molecule has 1 N–H and O–H groups in total. The Morgan fingerprint density at radius 3 is 2.67 bits per heavy atom. The highest BCUT2D eigenvalue weighted by molar-refractivity contribution is 7.13. The molecule has 0 aliphatic rings. The van der Waals surface area contributed by atoms with Gasteiger partial charge in [-0.2, -0.15) is 0 Å². The average molecular weight is 260 g/mol. The third kappa shape index (κ3) is 2.59. The molecule has 0 unspecified atom stereocenters. The van der Waals surface area contributed by atoms with Gasteiger partial charge in [0.1, 0.15) is 4.88 Å². The maximum absolute atomic E-state index is 12.2. The van der Waals surface area contributed by atoms with Gasteiger partial charge < -0.3 is 5.32 Å². The van der Waals surface area contributed by atoms with E-state index in [0.29, 0.717) is 4.88 Å². The summed E-state index contributed by atoms with van der Waals surface area (Å²) in [6, 6.07) is 7.87. The lowest BCUT2D eigenvalue weighted by atomic mass is 10.1. The summed E-state index contributed by atoms with van der Waals surface area (Å²) < 4.78 is 0. The van der Waals surface area contributed by atoms with Gasteiger partial charge >= 0.3 is 0 Å². The van der Waals surface area contributed by atoms with E-state index in [-0.39, 0.29) is 5.91 Å². The fraction of sp³-hybridized carbons (Fsp3) is 0.286. The first kappa shape index (κ1) is 12.8. The summed E-state index contributed by atoms with van der Waals surface area (Å²) in [4.78, 5) is 17.1. The number of aromatic nitrogens is 1. The monoisotopic (exact) mass is 260 g/mol. The van der Waals surface area contributed by atoms with Gasteiger partial charge in [0.05, 0.1) is 10.7 Å². The number of amides is 1. The summed E-state index contributed by atoms with van der Waals surface area (Å²) in [6.45, 7) is 5.85. The Bertz CT molecular complexity index is 575. The molecule has 3 nitrogen and oxygen atoms in total. The van der Waals surface area contributed by atoms with E-state index in [1.54, 1.807) is 0 Å². The van der Waals surface area contributed by atoms with Crippen molar-refractivity contribution in [1.82, 2.24) is 4.98 Å². The SMILES string of the molecule is CCc1ccccc1NC(=O)c1sc(C)nc1C. The molecule has 1 aromatic heterocycles. The highest BCUT2D eigenvalue weighted by Gasteiger charge is 2.14. The number of para-hydroxylation sites is 1.